The SMILES string of the molecule is CC(C)NC(=O)CCCCn1c(=O)c2ccccc2n(CC(=O)NC(C)CCc2ccccc2)c1=O. The largest absolute Gasteiger partial charge is 0.354 e. The predicted octanol–water partition coefficient (Wildman–Crippen LogP) is 3.00. The molecule has 0 saturated carbocycles. The van der Waals surface area contributed by atoms with E-state index in [9.17, 15) is 19.2 Å². The molecule has 2 amide bonds. The number of hydrogen-bond donors (Lipinski definition) is 2. The van der Waals surface area contributed by atoms with E-state index in [4.69, 9.17) is 0 Å². The van der Waals surface area contributed by atoms with Gasteiger partial charge in [0.1, 0.15) is 6.54 Å². The number of para-hydroxylation sites is 1. The maximum Gasteiger partial charge on any atom is 0.331 e. The van der Waals surface area contributed by atoms with Crippen molar-refractivity contribution in [1.29, 1.82) is 0 Å². The quantitative estimate of drug-likeness (QED) is 0.380. The van der Waals surface area contributed by atoms with Crippen molar-refractivity contribution in [2.75, 3.05) is 0 Å². The maximum atomic E-state index is 13.3. The molecule has 1 atom stereocenters. The molecule has 36 heavy (non-hydrogen) atoms. The monoisotopic (exact) mass is 492 g/mol. The molecule has 2 N–H and O–H groups in total. The fourth-order valence-electron chi connectivity index (χ4n) is 4.23. The highest BCUT2D eigenvalue weighted by Gasteiger charge is 2.16. The highest BCUT2D eigenvalue weighted by molar-refractivity contribution is 5.81. The lowest BCUT2D eigenvalue weighted by molar-refractivity contribution is -0.123. The summed E-state index contributed by atoms with van der Waals surface area (Å²) in [5, 5.41) is 6.20. The van der Waals surface area contributed by atoms with Crippen molar-refractivity contribution in [3.05, 3.63) is 81.0 Å². The zero-order valence-electron chi connectivity index (χ0n) is 21.3. The van der Waals surface area contributed by atoms with E-state index in [1.807, 2.05) is 39.0 Å². The minimum Gasteiger partial charge on any atom is -0.354 e. The number of fused-ring (bicyclic) bond motifs is 1. The number of nitrogens with zero attached hydrogens (tertiary/aromatic N) is 2. The van der Waals surface area contributed by atoms with E-state index < -0.39 is 5.69 Å². The van der Waals surface area contributed by atoms with E-state index >= 15 is 0 Å². The summed E-state index contributed by atoms with van der Waals surface area (Å²) in [5.41, 5.74) is 0.745. The average molecular weight is 493 g/mol. The van der Waals surface area contributed by atoms with Crippen molar-refractivity contribution in [1.82, 2.24) is 19.8 Å². The second-order valence-electron chi connectivity index (χ2n) is 9.51. The Morgan fingerprint density at radius 2 is 1.53 bits per heavy atom. The third kappa shape index (κ3) is 7.41. The number of hydrogen-bond acceptors (Lipinski definition) is 4. The number of carbonyl (C=O) groups is 2. The van der Waals surface area contributed by atoms with Gasteiger partial charge in [-0.2, -0.15) is 0 Å². The molecule has 0 aliphatic carbocycles. The molecular weight excluding hydrogens is 456 g/mol. The summed E-state index contributed by atoms with van der Waals surface area (Å²) >= 11 is 0. The number of amides is 2. The van der Waals surface area contributed by atoms with Crippen LogP contribution in [0.3, 0.4) is 0 Å². The van der Waals surface area contributed by atoms with Crippen LogP contribution in [-0.4, -0.2) is 33.0 Å². The number of carbonyl (C=O) groups excluding carboxylic acids is 2. The molecule has 0 spiro atoms. The summed E-state index contributed by atoms with van der Waals surface area (Å²) < 4.78 is 2.54. The predicted molar refractivity (Wildman–Crippen MR) is 142 cm³/mol. The first kappa shape index (κ1) is 26.9. The van der Waals surface area contributed by atoms with Gasteiger partial charge in [-0.05, 0) is 64.2 Å². The van der Waals surface area contributed by atoms with Gasteiger partial charge < -0.3 is 10.6 Å². The van der Waals surface area contributed by atoms with Gasteiger partial charge in [-0.15, -0.1) is 0 Å². The topological polar surface area (TPSA) is 102 Å². The van der Waals surface area contributed by atoms with E-state index in [0.717, 1.165) is 12.8 Å². The lowest BCUT2D eigenvalue weighted by atomic mass is 10.1. The molecule has 0 fully saturated rings. The van der Waals surface area contributed by atoms with Crippen LogP contribution in [0.5, 0.6) is 0 Å². The fraction of sp³-hybridized carbons (Fsp3) is 0.429. The van der Waals surface area contributed by atoms with Gasteiger partial charge in [-0.25, -0.2) is 4.79 Å². The Hall–Kier alpha value is -3.68. The number of benzene rings is 2. The minimum absolute atomic E-state index is 0.0497. The van der Waals surface area contributed by atoms with Crippen molar-refractivity contribution in [2.45, 2.75) is 78.0 Å². The van der Waals surface area contributed by atoms with Crippen molar-refractivity contribution < 1.29 is 9.59 Å². The Morgan fingerprint density at radius 1 is 0.833 bits per heavy atom. The molecular formula is C28H36N4O4. The summed E-state index contributed by atoms with van der Waals surface area (Å²) in [4.78, 5) is 51.0. The summed E-state index contributed by atoms with van der Waals surface area (Å²) in [6, 6.07) is 16.9. The van der Waals surface area contributed by atoms with Crippen LogP contribution < -0.4 is 21.9 Å². The fourth-order valence-corrected chi connectivity index (χ4v) is 4.23. The van der Waals surface area contributed by atoms with E-state index in [-0.39, 0.29) is 42.5 Å². The first-order chi connectivity index (χ1) is 17.3. The summed E-state index contributed by atoms with van der Waals surface area (Å²) in [7, 11) is 0. The van der Waals surface area contributed by atoms with Crippen LogP contribution in [0.2, 0.25) is 0 Å². The molecule has 0 radical (unpaired) electrons. The first-order valence-electron chi connectivity index (χ1n) is 12.6. The highest BCUT2D eigenvalue weighted by Crippen LogP contribution is 2.09. The Morgan fingerprint density at radius 3 is 2.25 bits per heavy atom. The highest BCUT2D eigenvalue weighted by atomic mass is 16.2. The van der Waals surface area contributed by atoms with Crippen LogP contribution in [0.1, 0.15) is 52.0 Å². The molecule has 1 heterocycles. The summed E-state index contributed by atoms with van der Waals surface area (Å²) in [5.74, 6) is -0.329. The van der Waals surface area contributed by atoms with E-state index in [1.165, 1.54) is 14.7 Å². The molecule has 0 bridgehead atoms. The summed E-state index contributed by atoms with van der Waals surface area (Å²) in [6.07, 6.45) is 3.00. The second-order valence-corrected chi connectivity index (χ2v) is 9.51. The Labute approximate surface area is 211 Å². The van der Waals surface area contributed by atoms with Crippen LogP contribution in [0.4, 0.5) is 0 Å². The number of nitrogens with one attached hydrogen (secondary N) is 2. The Balaban J connectivity index is 1.70. The standard InChI is InChI=1S/C28H36N4O4/c1-20(2)29-25(33)15-9-10-18-31-27(35)23-13-7-8-14-24(23)32(28(31)36)19-26(34)30-21(3)16-17-22-11-5-4-6-12-22/h4-8,11-14,20-21H,9-10,15-19H2,1-3H3,(H,29,33)(H,30,34). The minimum atomic E-state index is -0.516. The zero-order chi connectivity index (χ0) is 26.1. The van der Waals surface area contributed by atoms with Gasteiger partial charge >= 0.3 is 5.69 Å². The molecule has 3 aromatic rings. The molecule has 8 heteroatoms. The second kappa shape index (κ2) is 12.9. The molecule has 2 aromatic carbocycles. The van der Waals surface area contributed by atoms with Crippen molar-refractivity contribution >= 4 is 22.7 Å². The van der Waals surface area contributed by atoms with Crippen LogP contribution in [0, 0.1) is 0 Å². The molecule has 0 aliphatic heterocycles. The van der Waals surface area contributed by atoms with Gasteiger partial charge in [0, 0.05) is 25.0 Å². The molecule has 8 nitrogen and oxygen atoms in total. The Bertz CT molecular complexity index is 1290. The molecule has 0 aliphatic rings. The van der Waals surface area contributed by atoms with Crippen LogP contribution in [-0.2, 0) is 29.1 Å². The van der Waals surface area contributed by atoms with Gasteiger partial charge in [-0.1, -0.05) is 42.5 Å². The van der Waals surface area contributed by atoms with Gasteiger partial charge in [0.25, 0.3) is 5.56 Å². The third-order valence-electron chi connectivity index (χ3n) is 6.04. The lowest BCUT2D eigenvalue weighted by Gasteiger charge is -2.17. The van der Waals surface area contributed by atoms with Crippen LogP contribution >= 0.6 is 0 Å². The van der Waals surface area contributed by atoms with Crippen LogP contribution in [0.15, 0.2) is 64.2 Å². The molecule has 1 unspecified atom stereocenters. The van der Waals surface area contributed by atoms with Crippen molar-refractivity contribution in [3.63, 3.8) is 0 Å². The van der Waals surface area contributed by atoms with Gasteiger partial charge in [0.05, 0.1) is 10.9 Å². The van der Waals surface area contributed by atoms with E-state index in [1.54, 1.807) is 24.3 Å². The third-order valence-corrected chi connectivity index (χ3v) is 6.04. The maximum absolute atomic E-state index is 13.3. The van der Waals surface area contributed by atoms with E-state index in [2.05, 4.69) is 22.8 Å². The number of unbranched alkanes of at least 4 members (excludes halogenated alkanes) is 1. The molecule has 192 valence electrons. The van der Waals surface area contributed by atoms with Crippen molar-refractivity contribution in [2.24, 2.45) is 0 Å². The normalized spacial score (nSPS) is 12.0. The number of aromatic nitrogens is 2. The Kier molecular flexibility index (Phi) is 9.61. The lowest BCUT2D eigenvalue weighted by Crippen LogP contribution is -2.44. The van der Waals surface area contributed by atoms with Gasteiger partial charge in [-0.3, -0.25) is 23.5 Å². The van der Waals surface area contributed by atoms with Crippen molar-refractivity contribution in [3.8, 4) is 0 Å². The number of rotatable bonds is 12. The van der Waals surface area contributed by atoms with Gasteiger partial charge in [0.15, 0.2) is 0 Å². The van der Waals surface area contributed by atoms with E-state index in [0.29, 0.717) is 30.2 Å². The van der Waals surface area contributed by atoms with Crippen LogP contribution in [0.25, 0.3) is 10.9 Å². The molecule has 0 saturated heterocycles. The summed E-state index contributed by atoms with van der Waals surface area (Å²) in [6.45, 7) is 5.75. The zero-order valence-corrected chi connectivity index (χ0v) is 21.3. The number of aryl methyl sites for hydroxylation is 1. The molecule has 3 rings (SSSR count). The first-order valence-corrected chi connectivity index (χ1v) is 12.6. The molecule has 1 aromatic heterocycles. The van der Waals surface area contributed by atoms with Gasteiger partial charge in [0.2, 0.25) is 11.8 Å². The smallest absolute Gasteiger partial charge is 0.331 e. The average Bonchev–Trinajstić information content (AvgIpc) is 2.85.